The van der Waals surface area contributed by atoms with E-state index in [9.17, 15) is 9.59 Å². The fourth-order valence-electron chi connectivity index (χ4n) is 1.47. The zero-order chi connectivity index (χ0) is 13.5. The molecule has 0 saturated carbocycles. The summed E-state index contributed by atoms with van der Waals surface area (Å²) in [5, 5.41) is 2.65. The molecule has 0 fully saturated rings. The molecule has 0 unspecified atom stereocenters. The lowest BCUT2D eigenvalue weighted by Gasteiger charge is -2.09. The summed E-state index contributed by atoms with van der Waals surface area (Å²) in [6, 6.07) is 5.35. The van der Waals surface area contributed by atoms with Gasteiger partial charge in [0.15, 0.2) is 0 Å². The number of rotatable bonds is 5. The largest absolute Gasteiger partial charge is 0.496 e. The second kappa shape index (κ2) is 6.64. The number of methoxy groups -OCH3 is 2. The van der Waals surface area contributed by atoms with E-state index in [0.717, 1.165) is 5.56 Å². The molecule has 1 amide bonds. The number of carbonyl (C=O) groups excluding carboxylic acids is 2. The van der Waals surface area contributed by atoms with Crippen molar-refractivity contribution in [3.8, 4) is 5.75 Å². The van der Waals surface area contributed by atoms with Gasteiger partial charge in [-0.3, -0.25) is 9.59 Å². The van der Waals surface area contributed by atoms with Crippen molar-refractivity contribution >= 4 is 11.9 Å². The highest BCUT2D eigenvalue weighted by Crippen LogP contribution is 2.19. The molecule has 0 atom stereocenters. The van der Waals surface area contributed by atoms with Gasteiger partial charge in [-0.2, -0.15) is 0 Å². The topological polar surface area (TPSA) is 64.6 Å². The number of amides is 1. The van der Waals surface area contributed by atoms with E-state index in [0.29, 0.717) is 11.3 Å². The number of aryl methyl sites for hydroxylation is 1. The molecule has 1 rings (SSSR count). The van der Waals surface area contributed by atoms with Crippen molar-refractivity contribution in [2.45, 2.75) is 13.3 Å². The molecule has 0 saturated heterocycles. The quantitative estimate of drug-likeness (QED) is 0.801. The van der Waals surface area contributed by atoms with Crippen molar-refractivity contribution in [2.75, 3.05) is 20.8 Å². The van der Waals surface area contributed by atoms with E-state index in [1.807, 2.05) is 13.0 Å². The molecule has 0 aromatic heterocycles. The lowest BCUT2D eigenvalue weighted by atomic mass is 10.1. The Morgan fingerprint density at radius 2 is 2.00 bits per heavy atom. The molecule has 98 valence electrons. The van der Waals surface area contributed by atoms with E-state index in [-0.39, 0.29) is 24.8 Å². The minimum absolute atomic E-state index is 0.149. The van der Waals surface area contributed by atoms with Crippen LogP contribution in [-0.4, -0.2) is 32.6 Å². The molecule has 0 aliphatic rings. The summed E-state index contributed by atoms with van der Waals surface area (Å²) in [4.78, 5) is 22.8. The summed E-state index contributed by atoms with van der Waals surface area (Å²) in [7, 11) is 2.82. The van der Waals surface area contributed by atoms with Gasteiger partial charge in [0.1, 0.15) is 5.75 Å². The van der Waals surface area contributed by atoms with Crippen molar-refractivity contribution in [1.82, 2.24) is 5.32 Å². The Morgan fingerprint density at radius 1 is 1.28 bits per heavy atom. The van der Waals surface area contributed by atoms with Crippen molar-refractivity contribution in [1.29, 1.82) is 0 Å². The summed E-state index contributed by atoms with van der Waals surface area (Å²) in [5.74, 6) is -0.109. The average molecular weight is 251 g/mol. The number of carbonyl (C=O) groups is 2. The Labute approximate surface area is 106 Å². The monoisotopic (exact) mass is 251 g/mol. The Kier molecular flexibility index (Phi) is 5.17. The van der Waals surface area contributed by atoms with Gasteiger partial charge < -0.3 is 14.8 Å². The van der Waals surface area contributed by atoms with Crippen LogP contribution in [0.15, 0.2) is 18.2 Å². The molecular formula is C13H17NO4. The van der Waals surface area contributed by atoms with Crippen LogP contribution in [0.1, 0.15) is 22.3 Å². The van der Waals surface area contributed by atoms with Gasteiger partial charge in [0.2, 0.25) is 0 Å². The Hall–Kier alpha value is -2.04. The number of ether oxygens (including phenoxy) is 2. The third kappa shape index (κ3) is 3.76. The van der Waals surface area contributed by atoms with Crippen LogP contribution in [0.25, 0.3) is 0 Å². The van der Waals surface area contributed by atoms with E-state index in [1.54, 1.807) is 12.1 Å². The molecule has 0 spiro atoms. The zero-order valence-corrected chi connectivity index (χ0v) is 10.8. The molecule has 18 heavy (non-hydrogen) atoms. The first-order valence-electron chi connectivity index (χ1n) is 5.58. The number of hydrogen-bond donors (Lipinski definition) is 1. The minimum Gasteiger partial charge on any atom is -0.496 e. The lowest BCUT2D eigenvalue weighted by Crippen LogP contribution is -2.26. The first-order chi connectivity index (χ1) is 8.58. The molecule has 1 aromatic carbocycles. The standard InChI is InChI=1S/C13H17NO4/c1-9-4-5-11(17-2)10(8-9)13(16)14-7-6-12(15)18-3/h4-5,8H,6-7H2,1-3H3,(H,14,16). The summed E-state index contributed by atoms with van der Waals surface area (Å²) in [6.07, 6.45) is 0.149. The van der Waals surface area contributed by atoms with Crippen LogP contribution in [0.2, 0.25) is 0 Å². The van der Waals surface area contributed by atoms with Crippen LogP contribution in [0, 0.1) is 6.92 Å². The summed E-state index contributed by atoms with van der Waals surface area (Å²) >= 11 is 0. The molecule has 5 heteroatoms. The molecule has 0 aliphatic heterocycles. The predicted molar refractivity (Wildman–Crippen MR) is 66.7 cm³/mol. The van der Waals surface area contributed by atoms with Crippen LogP contribution in [0.3, 0.4) is 0 Å². The second-order valence-electron chi connectivity index (χ2n) is 3.79. The van der Waals surface area contributed by atoms with Crippen molar-refractivity contribution in [3.05, 3.63) is 29.3 Å². The van der Waals surface area contributed by atoms with Crippen LogP contribution < -0.4 is 10.1 Å². The fraction of sp³-hybridized carbons (Fsp3) is 0.385. The van der Waals surface area contributed by atoms with Gasteiger partial charge in [-0.1, -0.05) is 11.6 Å². The predicted octanol–water partition coefficient (Wildman–Crippen LogP) is 1.30. The molecule has 0 heterocycles. The number of benzene rings is 1. The highest BCUT2D eigenvalue weighted by atomic mass is 16.5. The van der Waals surface area contributed by atoms with Gasteiger partial charge >= 0.3 is 5.97 Å². The van der Waals surface area contributed by atoms with Gasteiger partial charge in [-0.15, -0.1) is 0 Å². The maximum Gasteiger partial charge on any atom is 0.307 e. The average Bonchev–Trinajstić information content (AvgIpc) is 2.38. The van der Waals surface area contributed by atoms with Gasteiger partial charge in [0, 0.05) is 6.54 Å². The van der Waals surface area contributed by atoms with Crippen LogP contribution in [0.4, 0.5) is 0 Å². The molecule has 5 nitrogen and oxygen atoms in total. The Balaban J connectivity index is 2.66. The van der Waals surface area contributed by atoms with Gasteiger partial charge in [-0.25, -0.2) is 0 Å². The first-order valence-corrected chi connectivity index (χ1v) is 5.58. The zero-order valence-electron chi connectivity index (χ0n) is 10.8. The summed E-state index contributed by atoms with van der Waals surface area (Å²) in [5.41, 5.74) is 1.43. The summed E-state index contributed by atoms with van der Waals surface area (Å²) in [6.45, 7) is 2.13. The van der Waals surface area contributed by atoms with Crippen molar-refractivity contribution in [2.24, 2.45) is 0 Å². The lowest BCUT2D eigenvalue weighted by molar-refractivity contribution is -0.140. The van der Waals surface area contributed by atoms with E-state index in [4.69, 9.17) is 4.74 Å². The van der Waals surface area contributed by atoms with Crippen molar-refractivity contribution in [3.63, 3.8) is 0 Å². The Morgan fingerprint density at radius 3 is 2.61 bits per heavy atom. The van der Waals surface area contributed by atoms with Crippen molar-refractivity contribution < 1.29 is 19.1 Å². The number of nitrogens with one attached hydrogen (secondary N) is 1. The fourth-order valence-corrected chi connectivity index (χ4v) is 1.47. The van der Waals surface area contributed by atoms with Gasteiger partial charge in [0.25, 0.3) is 5.91 Å². The van der Waals surface area contributed by atoms with E-state index in [2.05, 4.69) is 10.1 Å². The van der Waals surface area contributed by atoms with E-state index in [1.165, 1.54) is 14.2 Å². The smallest absolute Gasteiger partial charge is 0.307 e. The SMILES string of the molecule is COC(=O)CCNC(=O)c1cc(C)ccc1OC. The summed E-state index contributed by atoms with van der Waals surface area (Å²) < 4.78 is 9.60. The van der Waals surface area contributed by atoms with Crippen LogP contribution in [0.5, 0.6) is 5.75 Å². The molecule has 0 aliphatic carbocycles. The molecule has 0 bridgehead atoms. The number of esters is 1. The first kappa shape index (κ1) is 14.0. The molecule has 0 radical (unpaired) electrons. The molecule has 1 N–H and O–H groups in total. The normalized spacial score (nSPS) is 9.72. The van der Waals surface area contributed by atoms with Crippen LogP contribution >= 0.6 is 0 Å². The number of hydrogen-bond acceptors (Lipinski definition) is 4. The molecular weight excluding hydrogens is 234 g/mol. The Bertz CT molecular complexity index is 443. The van der Waals surface area contributed by atoms with Gasteiger partial charge in [0.05, 0.1) is 26.2 Å². The third-order valence-electron chi connectivity index (χ3n) is 2.44. The maximum atomic E-state index is 11.9. The van der Waals surface area contributed by atoms with E-state index < -0.39 is 0 Å². The van der Waals surface area contributed by atoms with Crippen LogP contribution in [-0.2, 0) is 9.53 Å². The second-order valence-corrected chi connectivity index (χ2v) is 3.79. The third-order valence-corrected chi connectivity index (χ3v) is 2.44. The highest BCUT2D eigenvalue weighted by molar-refractivity contribution is 5.97. The highest BCUT2D eigenvalue weighted by Gasteiger charge is 2.12. The van der Waals surface area contributed by atoms with E-state index >= 15 is 0 Å². The maximum absolute atomic E-state index is 11.9. The van der Waals surface area contributed by atoms with Gasteiger partial charge in [-0.05, 0) is 19.1 Å². The molecule has 1 aromatic rings. The minimum atomic E-state index is -0.355.